The van der Waals surface area contributed by atoms with Crippen molar-refractivity contribution in [2.24, 2.45) is 0 Å². The average Bonchev–Trinajstić information content (AvgIpc) is 2.89. The van der Waals surface area contributed by atoms with E-state index in [9.17, 15) is 0 Å². The second-order valence-electron chi connectivity index (χ2n) is 7.38. The monoisotopic (exact) mass is 490 g/mol. The second kappa shape index (κ2) is 9.67. The molecule has 2 heterocycles. The molecule has 0 unspecified atom stereocenters. The molecule has 0 fully saturated rings. The van der Waals surface area contributed by atoms with Crippen LogP contribution in [0.1, 0.15) is 0 Å². The molecule has 0 spiro atoms. The summed E-state index contributed by atoms with van der Waals surface area (Å²) < 4.78 is 0.610. The number of hydrogen-bond donors (Lipinski definition) is 0. The van der Waals surface area contributed by atoms with E-state index >= 15 is 0 Å². The maximum atomic E-state index is 4.58. The van der Waals surface area contributed by atoms with Gasteiger partial charge in [0.25, 0.3) is 0 Å². The van der Waals surface area contributed by atoms with Crippen LogP contribution in [0.3, 0.4) is 0 Å². The Morgan fingerprint density at radius 1 is 0.545 bits per heavy atom. The van der Waals surface area contributed by atoms with Crippen molar-refractivity contribution in [3.63, 3.8) is 0 Å². The van der Waals surface area contributed by atoms with Gasteiger partial charge in [-0.05, 0) is 39.2 Å². The van der Waals surface area contributed by atoms with Gasteiger partial charge >= 0.3 is 0 Å². The fourth-order valence-electron chi connectivity index (χ4n) is 3.64. The van der Waals surface area contributed by atoms with Crippen molar-refractivity contribution >= 4 is 37.7 Å². The molecule has 6 aromatic rings. The summed E-state index contributed by atoms with van der Waals surface area (Å²) >= 11 is 3.41. The van der Waals surface area contributed by atoms with E-state index in [0.29, 0.717) is 4.73 Å². The molecule has 5 heteroatoms. The summed E-state index contributed by atoms with van der Waals surface area (Å²) in [5.41, 5.74) is 6.39. The van der Waals surface area contributed by atoms with Crippen molar-refractivity contribution in [3.8, 4) is 22.4 Å². The Balaban J connectivity index is 0.000000190. The van der Waals surface area contributed by atoms with Crippen LogP contribution in [0.15, 0.2) is 120 Å². The number of hydrogen-bond acceptors (Lipinski definition) is 4. The minimum Gasteiger partial charge on any atom is -0.244 e. The maximum absolute atomic E-state index is 4.58. The highest BCUT2D eigenvalue weighted by Gasteiger charge is 2.08. The molecular weight excluding hydrogens is 472 g/mol. The number of rotatable bonds is 2. The summed E-state index contributed by atoms with van der Waals surface area (Å²) in [5.74, 6) is 0. The Kier molecular flexibility index (Phi) is 6.13. The molecule has 158 valence electrons. The first-order valence-corrected chi connectivity index (χ1v) is 11.3. The lowest BCUT2D eigenvalue weighted by Crippen LogP contribution is -1.91. The zero-order valence-corrected chi connectivity index (χ0v) is 19.2. The molecule has 4 aromatic carbocycles. The van der Waals surface area contributed by atoms with Crippen LogP contribution in [0.25, 0.3) is 44.2 Å². The zero-order valence-electron chi connectivity index (χ0n) is 17.6. The van der Waals surface area contributed by atoms with Gasteiger partial charge in [-0.3, -0.25) is 0 Å². The van der Waals surface area contributed by atoms with Crippen molar-refractivity contribution in [1.29, 1.82) is 0 Å². The Bertz CT molecular complexity index is 1450. The van der Waals surface area contributed by atoms with Crippen LogP contribution in [-0.4, -0.2) is 19.9 Å². The van der Waals surface area contributed by atoms with Gasteiger partial charge in [-0.1, -0.05) is 91.0 Å². The van der Waals surface area contributed by atoms with E-state index < -0.39 is 0 Å². The molecule has 4 nitrogen and oxygen atoms in total. The topological polar surface area (TPSA) is 51.6 Å². The second-order valence-corrected chi connectivity index (χ2v) is 8.09. The predicted molar refractivity (Wildman–Crippen MR) is 138 cm³/mol. The highest BCUT2D eigenvalue weighted by atomic mass is 79.9. The largest absolute Gasteiger partial charge is 0.244 e. The van der Waals surface area contributed by atoms with Crippen LogP contribution in [0.5, 0.6) is 0 Å². The molecule has 0 N–H and O–H groups in total. The molecule has 0 aliphatic carbocycles. The van der Waals surface area contributed by atoms with E-state index in [1.807, 2.05) is 54.7 Å². The zero-order chi connectivity index (χ0) is 22.5. The van der Waals surface area contributed by atoms with E-state index in [4.69, 9.17) is 0 Å². The number of aromatic nitrogens is 4. The lowest BCUT2D eigenvalue weighted by atomic mass is 10.0. The number of nitrogens with zero attached hydrogens (tertiary/aromatic N) is 4. The first-order chi connectivity index (χ1) is 16.3. The molecule has 0 bridgehead atoms. The van der Waals surface area contributed by atoms with Crippen molar-refractivity contribution in [1.82, 2.24) is 19.9 Å². The molecule has 0 aliphatic heterocycles. The van der Waals surface area contributed by atoms with Crippen molar-refractivity contribution < 1.29 is 0 Å². The third-order valence-electron chi connectivity index (χ3n) is 5.26. The van der Waals surface area contributed by atoms with Gasteiger partial charge < -0.3 is 0 Å². The molecule has 0 saturated carbocycles. The standard InChI is InChI=1S/C20H13BrN2.C8H6N2/c21-20-22-18-9-5-4-8-17(18)19(23-20)16-12-10-15(11-13-16)14-6-2-1-3-7-14;1-2-4-8-7(3-1)5-9-6-10-8/h1-13H;1-6H. The van der Waals surface area contributed by atoms with Gasteiger partial charge in [0, 0.05) is 22.5 Å². The van der Waals surface area contributed by atoms with Crippen molar-refractivity contribution in [2.75, 3.05) is 0 Å². The normalized spacial score (nSPS) is 10.6. The number of fused-ring (bicyclic) bond motifs is 2. The Morgan fingerprint density at radius 3 is 1.97 bits per heavy atom. The van der Waals surface area contributed by atoms with Crippen LogP contribution in [0.4, 0.5) is 0 Å². The Morgan fingerprint density at radius 2 is 1.18 bits per heavy atom. The lowest BCUT2D eigenvalue weighted by Gasteiger charge is -2.08. The molecule has 0 aliphatic rings. The summed E-state index contributed by atoms with van der Waals surface area (Å²) in [5, 5.41) is 2.15. The Labute approximate surface area is 200 Å². The van der Waals surface area contributed by atoms with Gasteiger partial charge in [-0.2, -0.15) is 0 Å². The van der Waals surface area contributed by atoms with Gasteiger partial charge in [0.2, 0.25) is 0 Å². The smallest absolute Gasteiger partial charge is 0.197 e. The molecule has 0 atom stereocenters. The summed E-state index contributed by atoms with van der Waals surface area (Å²) in [6.45, 7) is 0. The third-order valence-corrected chi connectivity index (χ3v) is 5.61. The molecule has 0 radical (unpaired) electrons. The Hall–Kier alpha value is -3.96. The van der Waals surface area contributed by atoms with Crippen LogP contribution in [0.2, 0.25) is 0 Å². The summed E-state index contributed by atoms with van der Waals surface area (Å²) in [7, 11) is 0. The number of benzene rings is 4. The van der Waals surface area contributed by atoms with Gasteiger partial charge in [-0.15, -0.1) is 0 Å². The summed E-state index contributed by atoms with van der Waals surface area (Å²) in [6.07, 6.45) is 3.37. The number of halogens is 1. The first-order valence-electron chi connectivity index (χ1n) is 10.5. The average molecular weight is 491 g/mol. The minimum atomic E-state index is 0.610. The van der Waals surface area contributed by atoms with E-state index in [0.717, 1.165) is 33.1 Å². The first kappa shape index (κ1) is 20.9. The van der Waals surface area contributed by atoms with Gasteiger partial charge in [-0.25, -0.2) is 19.9 Å². The van der Waals surface area contributed by atoms with Gasteiger partial charge in [0.15, 0.2) is 4.73 Å². The predicted octanol–water partition coefficient (Wildman–Crippen LogP) is 7.36. The van der Waals surface area contributed by atoms with Crippen LogP contribution in [-0.2, 0) is 0 Å². The van der Waals surface area contributed by atoms with Crippen LogP contribution in [0, 0.1) is 0 Å². The van der Waals surface area contributed by atoms with Crippen LogP contribution < -0.4 is 0 Å². The fraction of sp³-hybridized carbons (Fsp3) is 0. The lowest BCUT2D eigenvalue weighted by molar-refractivity contribution is 1.16. The molecular formula is C28H19BrN4. The molecule has 0 saturated heterocycles. The number of para-hydroxylation sites is 2. The molecule has 0 amide bonds. The molecule has 2 aromatic heterocycles. The SMILES string of the molecule is Brc1nc(-c2ccc(-c3ccccc3)cc2)c2ccccc2n1.c1ccc2ncncc2c1. The van der Waals surface area contributed by atoms with Gasteiger partial charge in [0.05, 0.1) is 16.7 Å². The maximum Gasteiger partial charge on any atom is 0.197 e. The minimum absolute atomic E-state index is 0.610. The molecule has 33 heavy (non-hydrogen) atoms. The van der Waals surface area contributed by atoms with E-state index in [-0.39, 0.29) is 0 Å². The molecule has 6 rings (SSSR count). The highest BCUT2D eigenvalue weighted by molar-refractivity contribution is 9.10. The van der Waals surface area contributed by atoms with Gasteiger partial charge in [0.1, 0.15) is 6.33 Å². The van der Waals surface area contributed by atoms with Crippen molar-refractivity contribution in [3.05, 3.63) is 120 Å². The van der Waals surface area contributed by atoms with Crippen molar-refractivity contribution in [2.45, 2.75) is 0 Å². The highest BCUT2D eigenvalue weighted by Crippen LogP contribution is 2.29. The third kappa shape index (κ3) is 4.78. The summed E-state index contributed by atoms with van der Waals surface area (Å²) in [6, 6.07) is 34.8. The quantitative estimate of drug-likeness (QED) is 0.238. The van der Waals surface area contributed by atoms with E-state index in [1.54, 1.807) is 6.33 Å². The fourth-order valence-corrected chi connectivity index (χ4v) is 4.01. The van der Waals surface area contributed by atoms with E-state index in [2.05, 4.69) is 90.5 Å². The summed E-state index contributed by atoms with van der Waals surface area (Å²) in [4.78, 5) is 17.0. The van der Waals surface area contributed by atoms with E-state index in [1.165, 1.54) is 11.1 Å². The van der Waals surface area contributed by atoms with Crippen LogP contribution >= 0.6 is 15.9 Å².